The van der Waals surface area contributed by atoms with E-state index in [9.17, 15) is 15.2 Å². The van der Waals surface area contributed by atoms with Crippen molar-refractivity contribution in [1.82, 2.24) is 14.9 Å². The highest BCUT2D eigenvalue weighted by Gasteiger charge is 2.44. The van der Waals surface area contributed by atoms with Crippen LogP contribution in [0.25, 0.3) is 0 Å². The zero-order valence-corrected chi connectivity index (χ0v) is 13.6. The van der Waals surface area contributed by atoms with Crippen molar-refractivity contribution in [3.05, 3.63) is 57.7 Å². The lowest BCUT2D eigenvalue weighted by Gasteiger charge is -2.34. The third kappa shape index (κ3) is 2.83. The molecule has 1 aromatic heterocycles. The number of rotatable bonds is 3. The van der Waals surface area contributed by atoms with Gasteiger partial charge in [0.15, 0.2) is 0 Å². The first-order valence-electron chi connectivity index (χ1n) is 8.13. The summed E-state index contributed by atoms with van der Waals surface area (Å²) in [6, 6.07) is 4.16. The van der Waals surface area contributed by atoms with Gasteiger partial charge in [-0.2, -0.15) is 0 Å². The zero-order valence-electron chi connectivity index (χ0n) is 13.6. The molecule has 0 amide bonds. The van der Waals surface area contributed by atoms with Crippen LogP contribution in [0.1, 0.15) is 23.2 Å². The second-order valence-corrected chi connectivity index (χ2v) is 6.70. The molecule has 0 saturated carbocycles. The number of nitro benzene ring substituents is 1. The predicted molar refractivity (Wildman–Crippen MR) is 88.0 cm³/mol. The molecule has 1 atom stereocenters. The maximum absolute atomic E-state index is 11.2. The van der Waals surface area contributed by atoms with Crippen molar-refractivity contribution in [3.63, 3.8) is 0 Å². The Balaban J connectivity index is 1.59. The Morgan fingerprint density at radius 1 is 1.44 bits per heavy atom. The Morgan fingerprint density at radius 3 is 3.16 bits per heavy atom. The fourth-order valence-electron chi connectivity index (χ4n) is 3.89. The van der Waals surface area contributed by atoms with Crippen LogP contribution < -0.4 is 0 Å². The molecule has 3 heterocycles. The molecule has 1 aromatic carbocycles. The van der Waals surface area contributed by atoms with Crippen LogP contribution in [0, 0.1) is 10.1 Å². The summed E-state index contributed by atoms with van der Waals surface area (Å²) in [6.07, 6.45) is 4.24. The van der Waals surface area contributed by atoms with Gasteiger partial charge in [-0.25, -0.2) is 9.97 Å². The number of hydrogen-bond acceptors (Lipinski definition) is 7. The van der Waals surface area contributed by atoms with Gasteiger partial charge in [0.2, 0.25) is 0 Å². The maximum atomic E-state index is 11.2. The molecule has 2 aromatic rings. The topological polar surface area (TPSA) is 102 Å². The number of ether oxygens (including phenoxy) is 1. The Kier molecular flexibility index (Phi) is 3.85. The first kappa shape index (κ1) is 15.9. The molecule has 2 aliphatic rings. The van der Waals surface area contributed by atoms with E-state index in [-0.39, 0.29) is 16.9 Å². The number of hydrogen-bond donors (Lipinski definition) is 1. The monoisotopic (exact) mass is 342 g/mol. The van der Waals surface area contributed by atoms with Crippen LogP contribution in [0.2, 0.25) is 0 Å². The van der Waals surface area contributed by atoms with Crippen LogP contribution in [-0.4, -0.2) is 44.6 Å². The van der Waals surface area contributed by atoms with Gasteiger partial charge in [0.25, 0.3) is 5.69 Å². The lowest BCUT2D eigenvalue weighted by atomic mass is 9.81. The summed E-state index contributed by atoms with van der Waals surface area (Å²) in [5.74, 6) is 0.0357. The average Bonchev–Trinajstić information content (AvgIpc) is 2.98. The van der Waals surface area contributed by atoms with E-state index in [2.05, 4.69) is 14.9 Å². The minimum absolute atomic E-state index is 0.0290. The summed E-state index contributed by atoms with van der Waals surface area (Å²) in [5.41, 5.74) is 2.39. The van der Waals surface area contributed by atoms with Crippen LogP contribution in [0.3, 0.4) is 0 Å². The maximum Gasteiger partial charge on any atom is 0.274 e. The first-order chi connectivity index (χ1) is 12.1. The number of phenolic OH excluding ortho intramolecular Hbond substituents is 1. The molecule has 0 aliphatic carbocycles. The van der Waals surface area contributed by atoms with E-state index >= 15 is 0 Å². The molecule has 0 bridgehead atoms. The molecule has 1 fully saturated rings. The summed E-state index contributed by atoms with van der Waals surface area (Å²) in [7, 11) is 0. The van der Waals surface area contributed by atoms with E-state index in [0.29, 0.717) is 31.9 Å². The highest BCUT2D eigenvalue weighted by atomic mass is 16.6. The average molecular weight is 342 g/mol. The lowest BCUT2D eigenvalue weighted by molar-refractivity contribution is -0.385. The first-order valence-corrected chi connectivity index (χ1v) is 8.13. The van der Waals surface area contributed by atoms with Crippen molar-refractivity contribution in [2.45, 2.75) is 25.0 Å². The summed E-state index contributed by atoms with van der Waals surface area (Å²) in [5, 5.41) is 20.9. The van der Waals surface area contributed by atoms with Crippen molar-refractivity contribution < 1.29 is 14.8 Å². The fourth-order valence-corrected chi connectivity index (χ4v) is 3.89. The van der Waals surface area contributed by atoms with E-state index < -0.39 is 4.92 Å². The van der Waals surface area contributed by atoms with Crippen LogP contribution >= 0.6 is 0 Å². The lowest BCUT2D eigenvalue weighted by Crippen LogP contribution is -2.40. The van der Waals surface area contributed by atoms with Gasteiger partial charge < -0.3 is 9.84 Å². The molecule has 1 N–H and O–H groups in total. The van der Waals surface area contributed by atoms with Gasteiger partial charge in [0.1, 0.15) is 12.1 Å². The summed E-state index contributed by atoms with van der Waals surface area (Å²) < 4.78 is 5.76. The number of nitrogens with zero attached hydrogens (tertiary/aromatic N) is 4. The molecule has 8 nitrogen and oxygen atoms in total. The Hall–Kier alpha value is -2.58. The standard InChI is InChI=1S/C17H18N4O4/c22-14-1-2-15(21(23)24)12(5-14)7-20-4-3-17(9-20)10-25-8-13-6-18-11-19-16(13)17/h1-2,5-6,11,22H,3-4,7-10H2/t17-/m0/s1. The van der Waals surface area contributed by atoms with Crippen molar-refractivity contribution in [3.8, 4) is 5.75 Å². The van der Waals surface area contributed by atoms with E-state index in [1.807, 2.05) is 0 Å². The van der Waals surface area contributed by atoms with Crippen LogP contribution in [-0.2, 0) is 23.3 Å². The number of benzene rings is 1. The smallest absolute Gasteiger partial charge is 0.274 e. The minimum atomic E-state index is -0.410. The highest BCUT2D eigenvalue weighted by molar-refractivity contribution is 5.45. The molecule has 0 unspecified atom stereocenters. The largest absolute Gasteiger partial charge is 0.508 e. The van der Waals surface area contributed by atoms with Gasteiger partial charge in [-0.3, -0.25) is 15.0 Å². The van der Waals surface area contributed by atoms with Crippen LogP contribution in [0.4, 0.5) is 5.69 Å². The number of nitro groups is 1. The number of fused-ring (bicyclic) bond motifs is 2. The van der Waals surface area contributed by atoms with Gasteiger partial charge in [-0.05, 0) is 25.1 Å². The normalized spacial score (nSPS) is 22.9. The Morgan fingerprint density at radius 2 is 2.32 bits per heavy atom. The molecular formula is C17H18N4O4. The Bertz CT molecular complexity index is 828. The number of likely N-dealkylation sites (tertiary alicyclic amines) is 1. The van der Waals surface area contributed by atoms with Gasteiger partial charge in [-0.1, -0.05) is 0 Å². The molecule has 8 heteroatoms. The number of aromatic hydroxyl groups is 1. The van der Waals surface area contributed by atoms with E-state index in [0.717, 1.165) is 24.2 Å². The molecule has 2 aliphatic heterocycles. The second-order valence-electron chi connectivity index (χ2n) is 6.70. The van der Waals surface area contributed by atoms with Crippen LogP contribution in [0.5, 0.6) is 5.75 Å². The number of phenols is 1. The zero-order chi connectivity index (χ0) is 17.4. The van der Waals surface area contributed by atoms with E-state index in [1.54, 1.807) is 12.5 Å². The van der Waals surface area contributed by atoms with Crippen molar-refractivity contribution >= 4 is 5.69 Å². The second kappa shape index (κ2) is 6.05. The van der Waals surface area contributed by atoms with Gasteiger partial charge in [-0.15, -0.1) is 0 Å². The van der Waals surface area contributed by atoms with Crippen molar-refractivity contribution in [2.75, 3.05) is 19.7 Å². The summed E-state index contributed by atoms with van der Waals surface area (Å²) >= 11 is 0. The van der Waals surface area contributed by atoms with Gasteiger partial charge in [0, 0.05) is 36.5 Å². The third-order valence-electron chi connectivity index (χ3n) is 5.01. The molecule has 130 valence electrons. The molecular weight excluding hydrogens is 324 g/mol. The third-order valence-corrected chi connectivity index (χ3v) is 5.01. The molecule has 25 heavy (non-hydrogen) atoms. The molecule has 0 radical (unpaired) electrons. The van der Waals surface area contributed by atoms with E-state index in [4.69, 9.17) is 4.74 Å². The molecule has 1 spiro atoms. The predicted octanol–water partition coefficient (Wildman–Crippen LogP) is 1.76. The minimum Gasteiger partial charge on any atom is -0.508 e. The molecule has 1 saturated heterocycles. The van der Waals surface area contributed by atoms with Gasteiger partial charge >= 0.3 is 0 Å². The fraction of sp³-hybridized carbons (Fsp3) is 0.412. The van der Waals surface area contributed by atoms with Crippen molar-refractivity contribution in [1.29, 1.82) is 0 Å². The summed E-state index contributed by atoms with van der Waals surface area (Å²) in [4.78, 5) is 21.5. The Labute approximate surface area is 144 Å². The SMILES string of the molecule is O=[N+]([O-])c1ccc(O)cc1CN1CC[C@@]2(COCc3cncnc32)C1. The van der Waals surface area contributed by atoms with Gasteiger partial charge in [0.05, 0.1) is 29.2 Å². The highest BCUT2D eigenvalue weighted by Crippen LogP contribution is 2.39. The number of aromatic nitrogens is 2. The molecule has 4 rings (SSSR count). The van der Waals surface area contributed by atoms with Crippen LogP contribution in [0.15, 0.2) is 30.7 Å². The summed E-state index contributed by atoms with van der Waals surface area (Å²) in [6.45, 7) is 3.03. The van der Waals surface area contributed by atoms with E-state index in [1.165, 1.54) is 18.2 Å². The quantitative estimate of drug-likeness (QED) is 0.670. The van der Waals surface area contributed by atoms with Crippen molar-refractivity contribution in [2.24, 2.45) is 0 Å².